The van der Waals surface area contributed by atoms with Crippen LogP contribution in [-0.4, -0.2) is 69.9 Å². The number of ether oxygens (including phenoxy) is 4. The molecule has 8 heteroatoms. The lowest BCUT2D eigenvalue weighted by molar-refractivity contribution is -0.155. The fourth-order valence-corrected chi connectivity index (χ4v) is 4.97. The molecule has 0 radical (unpaired) electrons. The highest BCUT2D eigenvalue weighted by Crippen LogP contribution is 2.38. The van der Waals surface area contributed by atoms with E-state index in [-0.39, 0.29) is 18.4 Å². The summed E-state index contributed by atoms with van der Waals surface area (Å²) in [5, 5.41) is 2.95. The van der Waals surface area contributed by atoms with Gasteiger partial charge in [-0.2, -0.15) is 0 Å². The molecule has 198 valence electrons. The van der Waals surface area contributed by atoms with Crippen molar-refractivity contribution in [1.82, 2.24) is 10.2 Å². The summed E-state index contributed by atoms with van der Waals surface area (Å²) in [7, 11) is 4.47. The molecule has 0 saturated carbocycles. The van der Waals surface area contributed by atoms with Crippen molar-refractivity contribution in [3.63, 3.8) is 0 Å². The number of esters is 1. The van der Waals surface area contributed by atoms with Crippen molar-refractivity contribution < 1.29 is 28.5 Å². The number of hydrogen-bond acceptors (Lipinski definition) is 7. The predicted molar refractivity (Wildman–Crippen MR) is 141 cm³/mol. The van der Waals surface area contributed by atoms with E-state index in [0.29, 0.717) is 43.0 Å². The van der Waals surface area contributed by atoms with E-state index < -0.39 is 11.0 Å². The topological polar surface area (TPSA) is 86.3 Å². The minimum atomic E-state index is -0.788. The maximum absolute atomic E-state index is 13.0. The van der Waals surface area contributed by atoms with E-state index in [1.165, 1.54) is 26.9 Å². The molecule has 2 aromatic rings. The van der Waals surface area contributed by atoms with E-state index in [9.17, 15) is 9.59 Å². The molecule has 0 atom stereocenters. The smallest absolute Gasteiger partial charge is 0.313 e. The molecule has 0 aliphatic carbocycles. The number of hydrogen-bond donors (Lipinski definition) is 1. The molecule has 4 rings (SSSR count). The Morgan fingerprint density at radius 3 is 2.27 bits per heavy atom. The number of benzene rings is 2. The number of carbonyl (C=O) groups is 2. The number of piperidine rings is 1. The van der Waals surface area contributed by atoms with Gasteiger partial charge in [0.15, 0.2) is 0 Å². The van der Waals surface area contributed by atoms with Crippen LogP contribution in [0.25, 0.3) is 6.08 Å². The lowest BCUT2D eigenvalue weighted by Gasteiger charge is -2.42. The Morgan fingerprint density at radius 2 is 1.65 bits per heavy atom. The van der Waals surface area contributed by atoms with Crippen LogP contribution >= 0.6 is 0 Å². The third kappa shape index (κ3) is 5.74. The number of fused-ring (bicyclic) bond motifs is 1. The van der Waals surface area contributed by atoms with Crippen molar-refractivity contribution in [2.24, 2.45) is 5.41 Å². The summed E-state index contributed by atoms with van der Waals surface area (Å²) >= 11 is 0. The van der Waals surface area contributed by atoms with Crippen LogP contribution in [0.5, 0.6) is 17.2 Å². The zero-order chi connectivity index (χ0) is 26.6. The molecule has 2 aliphatic rings. The quantitative estimate of drug-likeness (QED) is 0.541. The summed E-state index contributed by atoms with van der Waals surface area (Å²) in [6.07, 6.45) is 3.36. The van der Waals surface area contributed by atoms with Gasteiger partial charge in [-0.15, -0.1) is 0 Å². The van der Waals surface area contributed by atoms with Gasteiger partial charge >= 0.3 is 5.97 Å². The summed E-state index contributed by atoms with van der Waals surface area (Å²) in [6.45, 7) is 6.51. The molecule has 37 heavy (non-hydrogen) atoms. The molecular formula is C29H36N2O6. The van der Waals surface area contributed by atoms with E-state index in [0.717, 1.165) is 17.9 Å². The molecule has 0 aromatic heterocycles. The molecular weight excluding hydrogens is 472 g/mol. The Kier molecular flexibility index (Phi) is 7.78. The van der Waals surface area contributed by atoms with Gasteiger partial charge in [-0.25, -0.2) is 0 Å². The molecule has 0 bridgehead atoms. The van der Waals surface area contributed by atoms with Crippen molar-refractivity contribution in [3.05, 3.63) is 59.2 Å². The van der Waals surface area contributed by atoms with Crippen molar-refractivity contribution in [2.75, 3.05) is 47.5 Å². The monoisotopic (exact) mass is 508 g/mol. The largest absolute Gasteiger partial charge is 0.497 e. The predicted octanol–water partition coefficient (Wildman–Crippen LogP) is 3.94. The Labute approximate surface area is 218 Å². The van der Waals surface area contributed by atoms with Crippen molar-refractivity contribution in [1.29, 1.82) is 0 Å². The molecule has 8 nitrogen and oxygen atoms in total. The van der Waals surface area contributed by atoms with Gasteiger partial charge in [-0.1, -0.05) is 18.2 Å². The molecule has 1 saturated heterocycles. The summed E-state index contributed by atoms with van der Waals surface area (Å²) in [6, 6.07) is 13.0. The van der Waals surface area contributed by atoms with Gasteiger partial charge in [0.1, 0.15) is 22.8 Å². The fourth-order valence-electron chi connectivity index (χ4n) is 4.97. The average molecular weight is 509 g/mol. The number of carbonyl (C=O) groups excluding carboxylic acids is 2. The number of methoxy groups -OCH3 is 3. The molecule has 1 fully saturated rings. The van der Waals surface area contributed by atoms with E-state index in [1.807, 2.05) is 18.2 Å². The van der Waals surface area contributed by atoms with Gasteiger partial charge in [0.05, 0.1) is 26.7 Å². The highest BCUT2D eigenvalue weighted by atomic mass is 16.5. The Hall–Kier alpha value is -3.52. The van der Waals surface area contributed by atoms with E-state index >= 15 is 0 Å². The lowest BCUT2D eigenvalue weighted by atomic mass is 9.77. The van der Waals surface area contributed by atoms with E-state index in [2.05, 4.69) is 36.2 Å². The molecule has 2 aromatic carbocycles. The second-order valence-corrected chi connectivity index (χ2v) is 10.2. The van der Waals surface area contributed by atoms with Crippen LogP contribution in [0.4, 0.5) is 0 Å². The number of likely N-dealkylation sites (tertiary alicyclic amines) is 1. The third-order valence-corrected chi connectivity index (χ3v) is 7.41. The lowest BCUT2D eigenvalue weighted by Crippen LogP contribution is -2.52. The zero-order valence-corrected chi connectivity index (χ0v) is 22.3. The molecule has 2 aliphatic heterocycles. The second-order valence-electron chi connectivity index (χ2n) is 10.2. The van der Waals surface area contributed by atoms with Crippen LogP contribution in [0.3, 0.4) is 0 Å². The first kappa shape index (κ1) is 26.5. The average Bonchev–Trinajstić information content (AvgIpc) is 2.91. The minimum absolute atomic E-state index is 0.191. The summed E-state index contributed by atoms with van der Waals surface area (Å²) in [5.74, 6) is 1.33. The first-order valence-corrected chi connectivity index (χ1v) is 12.5. The SMILES string of the molecule is COC(=O)C1(CNC(=O)c2cc(OC)cc(OC)c2)CCN(CC2=Cc3ccccc3OC2(C)C)CC1. The minimum Gasteiger partial charge on any atom is -0.497 e. The first-order valence-electron chi connectivity index (χ1n) is 12.5. The third-order valence-electron chi connectivity index (χ3n) is 7.41. The van der Waals surface area contributed by atoms with Gasteiger partial charge in [-0.3, -0.25) is 14.5 Å². The number of rotatable bonds is 8. The van der Waals surface area contributed by atoms with Gasteiger partial charge in [0.25, 0.3) is 5.91 Å². The molecule has 0 spiro atoms. The molecule has 0 unspecified atom stereocenters. The second kappa shape index (κ2) is 10.8. The Balaban J connectivity index is 1.43. The van der Waals surface area contributed by atoms with Crippen LogP contribution in [-0.2, 0) is 9.53 Å². The highest BCUT2D eigenvalue weighted by molar-refractivity contribution is 5.95. The van der Waals surface area contributed by atoms with Crippen molar-refractivity contribution in [3.8, 4) is 17.2 Å². The van der Waals surface area contributed by atoms with Gasteiger partial charge in [0.2, 0.25) is 0 Å². The summed E-state index contributed by atoms with van der Waals surface area (Å²) in [5.41, 5.74) is 1.47. The summed E-state index contributed by atoms with van der Waals surface area (Å²) in [4.78, 5) is 28.2. The maximum atomic E-state index is 13.0. The number of nitrogens with zero attached hydrogens (tertiary/aromatic N) is 1. The Bertz CT molecular complexity index is 1160. The Morgan fingerprint density at radius 1 is 1.00 bits per heavy atom. The maximum Gasteiger partial charge on any atom is 0.313 e. The first-order chi connectivity index (χ1) is 17.7. The molecule has 2 heterocycles. The molecule has 1 N–H and O–H groups in total. The van der Waals surface area contributed by atoms with E-state index in [4.69, 9.17) is 18.9 Å². The van der Waals surface area contributed by atoms with Gasteiger partial charge < -0.3 is 24.3 Å². The van der Waals surface area contributed by atoms with Gasteiger partial charge in [0, 0.05) is 30.3 Å². The number of nitrogens with one attached hydrogen (secondary N) is 1. The van der Waals surface area contributed by atoms with E-state index in [1.54, 1.807) is 18.2 Å². The van der Waals surface area contributed by atoms with Gasteiger partial charge in [-0.05, 0) is 69.6 Å². The van der Waals surface area contributed by atoms with Crippen LogP contribution < -0.4 is 19.5 Å². The van der Waals surface area contributed by atoms with Crippen LogP contribution in [0.2, 0.25) is 0 Å². The standard InChI is InChI=1S/C29H36N2O6/c1-28(2)22(14-20-8-6-7-9-25(20)37-28)18-31-12-10-29(11-13-31,27(33)36-5)19-30-26(32)21-15-23(34-3)17-24(16-21)35-4/h6-9,14-17H,10-13,18-19H2,1-5H3,(H,30,32). The van der Waals surface area contributed by atoms with Crippen LogP contribution in [0.1, 0.15) is 42.6 Å². The van der Waals surface area contributed by atoms with Crippen molar-refractivity contribution >= 4 is 18.0 Å². The van der Waals surface area contributed by atoms with Crippen LogP contribution in [0, 0.1) is 5.41 Å². The highest BCUT2D eigenvalue weighted by Gasteiger charge is 2.43. The van der Waals surface area contributed by atoms with Crippen LogP contribution in [0.15, 0.2) is 48.0 Å². The zero-order valence-electron chi connectivity index (χ0n) is 22.3. The van der Waals surface area contributed by atoms with Crippen molar-refractivity contribution in [2.45, 2.75) is 32.3 Å². The summed E-state index contributed by atoms with van der Waals surface area (Å²) < 4.78 is 22.0. The fraction of sp³-hybridized carbons (Fsp3) is 0.448. The molecule has 1 amide bonds. The number of amides is 1. The number of para-hydroxylation sites is 1. The normalized spacial score (nSPS) is 18.0.